The van der Waals surface area contributed by atoms with E-state index in [4.69, 9.17) is 5.11 Å². The van der Waals surface area contributed by atoms with Gasteiger partial charge in [0.15, 0.2) is 0 Å². The molecule has 2 atom stereocenters. The number of aliphatic hydroxyl groups is 1. The summed E-state index contributed by atoms with van der Waals surface area (Å²) in [6, 6.07) is 3.89. The van der Waals surface area contributed by atoms with Gasteiger partial charge < -0.3 is 10.4 Å². The van der Waals surface area contributed by atoms with E-state index in [9.17, 15) is 4.79 Å². The van der Waals surface area contributed by atoms with Crippen LogP contribution < -0.4 is 5.32 Å². The minimum absolute atomic E-state index is 0.0358. The molecule has 0 aliphatic heterocycles. The summed E-state index contributed by atoms with van der Waals surface area (Å²) in [7, 11) is 0. The molecule has 0 aliphatic carbocycles. The van der Waals surface area contributed by atoms with Crippen LogP contribution in [0.1, 0.15) is 23.5 Å². The van der Waals surface area contributed by atoms with E-state index in [1.807, 2.05) is 31.4 Å². The van der Waals surface area contributed by atoms with Crippen molar-refractivity contribution < 1.29 is 9.90 Å². The van der Waals surface area contributed by atoms with Crippen LogP contribution >= 0.6 is 22.7 Å². The van der Waals surface area contributed by atoms with Crippen LogP contribution in [0.4, 0.5) is 0 Å². The average Bonchev–Trinajstić information content (AvgIpc) is 3.07. The topological polar surface area (TPSA) is 62.2 Å². The summed E-state index contributed by atoms with van der Waals surface area (Å²) in [5.41, 5.74) is 0. The number of hydrogen-bond donors (Lipinski definition) is 2. The van der Waals surface area contributed by atoms with Gasteiger partial charge in [0.1, 0.15) is 9.88 Å². The number of thiazole rings is 1. The summed E-state index contributed by atoms with van der Waals surface area (Å²) in [4.78, 5) is 18.0. The Kier molecular flexibility index (Phi) is 4.68. The van der Waals surface area contributed by atoms with Gasteiger partial charge in [-0.2, -0.15) is 0 Å². The highest BCUT2D eigenvalue weighted by Crippen LogP contribution is 2.28. The monoisotopic (exact) mass is 296 g/mol. The molecule has 0 aliphatic rings. The van der Waals surface area contributed by atoms with Crippen molar-refractivity contribution in [3.63, 3.8) is 0 Å². The quantitative estimate of drug-likeness (QED) is 0.891. The Balaban J connectivity index is 2.04. The highest BCUT2D eigenvalue weighted by atomic mass is 32.1. The molecule has 2 aromatic heterocycles. The van der Waals surface area contributed by atoms with E-state index in [1.165, 1.54) is 11.3 Å². The predicted molar refractivity (Wildman–Crippen MR) is 78.6 cm³/mol. The summed E-state index contributed by atoms with van der Waals surface area (Å²) in [6.45, 7) is 3.85. The SMILES string of the molecule is CC(CO)C(C)NC(=O)c1cnc(-c2cccs2)s1. The smallest absolute Gasteiger partial charge is 0.263 e. The Labute approximate surface area is 120 Å². The van der Waals surface area contributed by atoms with Crippen LogP contribution in [0.5, 0.6) is 0 Å². The second-order valence-electron chi connectivity index (χ2n) is 4.43. The largest absolute Gasteiger partial charge is 0.396 e. The Morgan fingerprint density at radius 2 is 2.32 bits per heavy atom. The lowest BCUT2D eigenvalue weighted by Gasteiger charge is -2.18. The fourth-order valence-corrected chi connectivity index (χ4v) is 3.09. The number of rotatable bonds is 5. The molecule has 102 valence electrons. The van der Waals surface area contributed by atoms with Crippen LogP contribution in [0.3, 0.4) is 0 Å². The number of nitrogens with zero attached hydrogens (tertiary/aromatic N) is 1. The van der Waals surface area contributed by atoms with Crippen LogP contribution in [0.25, 0.3) is 9.88 Å². The van der Waals surface area contributed by atoms with Gasteiger partial charge in [-0.15, -0.1) is 22.7 Å². The zero-order valence-corrected chi connectivity index (χ0v) is 12.4. The van der Waals surface area contributed by atoms with Gasteiger partial charge >= 0.3 is 0 Å². The van der Waals surface area contributed by atoms with Gasteiger partial charge in [-0.3, -0.25) is 4.79 Å². The molecule has 1 amide bonds. The molecule has 0 spiro atoms. The Morgan fingerprint density at radius 1 is 1.53 bits per heavy atom. The highest BCUT2D eigenvalue weighted by molar-refractivity contribution is 7.21. The molecule has 6 heteroatoms. The van der Waals surface area contributed by atoms with E-state index in [2.05, 4.69) is 10.3 Å². The first-order valence-corrected chi connectivity index (χ1v) is 7.73. The molecule has 0 saturated heterocycles. The molecule has 19 heavy (non-hydrogen) atoms. The van der Waals surface area contributed by atoms with Crippen LogP contribution in [-0.2, 0) is 0 Å². The van der Waals surface area contributed by atoms with Crippen LogP contribution in [0.15, 0.2) is 23.7 Å². The van der Waals surface area contributed by atoms with Crippen molar-refractivity contribution in [1.29, 1.82) is 0 Å². The van der Waals surface area contributed by atoms with Crippen molar-refractivity contribution >= 4 is 28.6 Å². The third-order valence-corrected chi connectivity index (χ3v) is 5.00. The van der Waals surface area contributed by atoms with Crippen molar-refractivity contribution in [2.45, 2.75) is 19.9 Å². The lowest BCUT2D eigenvalue weighted by atomic mass is 10.1. The fourth-order valence-electron chi connectivity index (χ4n) is 1.47. The first kappa shape index (κ1) is 14.2. The minimum atomic E-state index is -0.131. The van der Waals surface area contributed by atoms with Crippen LogP contribution in [0, 0.1) is 5.92 Å². The number of nitrogens with one attached hydrogen (secondary N) is 1. The Morgan fingerprint density at radius 3 is 2.95 bits per heavy atom. The second kappa shape index (κ2) is 6.27. The number of carbonyl (C=O) groups is 1. The molecule has 0 fully saturated rings. The third-order valence-electron chi connectivity index (χ3n) is 2.96. The molecule has 0 bridgehead atoms. The zero-order chi connectivity index (χ0) is 13.8. The Bertz CT molecular complexity index is 537. The van der Waals surface area contributed by atoms with Gasteiger partial charge in [0.05, 0.1) is 11.1 Å². The zero-order valence-electron chi connectivity index (χ0n) is 10.8. The summed E-state index contributed by atoms with van der Waals surface area (Å²) >= 11 is 2.99. The van der Waals surface area contributed by atoms with Crippen molar-refractivity contribution in [3.05, 3.63) is 28.6 Å². The first-order valence-electron chi connectivity index (χ1n) is 6.03. The molecular formula is C13H16N2O2S2. The lowest BCUT2D eigenvalue weighted by molar-refractivity contribution is 0.0920. The fraction of sp³-hybridized carbons (Fsp3) is 0.385. The predicted octanol–water partition coefficient (Wildman–Crippen LogP) is 2.62. The van der Waals surface area contributed by atoms with E-state index in [0.717, 1.165) is 9.88 Å². The summed E-state index contributed by atoms with van der Waals surface area (Å²) < 4.78 is 0. The number of carbonyl (C=O) groups excluding carboxylic acids is 1. The van der Waals surface area contributed by atoms with Crippen LogP contribution in [-0.4, -0.2) is 28.6 Å². The van der Waals surface area contributed by atoms with E-state index < -0.39 is 0 Å². The highest BCUT2D eigenvalue weighted by Gasteiger charge is 2.17. The molecule has 2 heterocycles. The number of aliphatic hydroxyl groups excluding tert-OH is 1. The molecule has 0 saturated carbocycles. The Hall–Kier alpha value is -1.24. The summed E-state index contributed by atoms with van der Waals surface area (Å²) in [5, 5.41) is 14.8. The maximum atomic E-state index is 12.0. The van der Waals surface area contributed by atoms with E-state index >= 15 is 0 Å². The van der Waals surface area contributed by atoms with Crippen molar-refractivity contribution in [3.8, 4) is 9.88 Å². The molecule has 2 unspecified atom stereocenters. The summed E-state index contributed by atoms with van der Waals surface area (Å²) in [6.07, 6.45) is 1.60. The number of aromatic nitrogens is 1. The van der Waals surface area contributed by atoms with Gasteiger partial charge in [-0.25, -0.2) is 4.98 Å². The number of amides is 1. The number of hydrogen-bond acceptors (Lipinski definition) is 5. The lowest BCUT2D eigenvalue weighted by Crippen LogP contribution is -2.38. The van der Waals surface area contributed by atoms with Crippen molar-refractivity contribution in [2.24, 2.45) is 5.92 Å². The second-order valence-corrected chi connectivity index (χ2v) is 6.41. The van der Waals surface area contributed by atoms with E-state index in [1.54, 1.807) is 17.5 Å². The van der Waals surface area contributed by atoms with E-state index in [-0.39, 0.29) is 24.5 Å². The van der Waals surface area contributed by atoms with Crippen LogP contribution in [0.2, 0.25) is 0 Å². The summed E-state index contributed by atoms with van der Waals surface area (Å²) in [5.74, 6) is -0.0956. The van der Waals surface area contributed by atoms with Gasteiger partial charge in [0.2, 0.25) is 0 Å². The van der Waals surface area contributed by atoms with E-state index in [0.29, 0.717) is 4.88 Å². The maximum absolute atomic E-state index is 12.0. The minimum Gasteiger partial charge on any atom is -0.396 e. The number of thiophene rings is 1. The van der Waals surface area contributed by atoms with Gasteiger partial charge in [-0.05, 0) is 24.3 Å². The first-order chi connectivity index (χ1) is 9.11. The normalized spacial score (nSPS) is 14.1. The van der Waals surface area contributed by atoms with Gasteiger partial charge in [0, 0.05) is 12.6 Å². The molecule has 4 nitrogen and oxygen atoms in total. The standard InChI is InChI=1S/C13H16N2O2S2/c1-8(7-16)9(2)15-12(17)11-6-14-13(19-11)10-4-3-5-18-10/h3-6,8-9,16H,7H2,1-2H3,(H,15,17). The average molecular weight is 296 g/mol. The molecule has 0 aromatic carbocycles. The molecule has 2 rings (SSSR count). The van der Waals surface area contributed by atoms with Gasteiger partial charge in [-0.1, -0.05) is 13.0 Å². The molecule has 2 N–H and O–H groups in total. The molecule has 2 aromatic rings. The molecule has 0 radical (unpaired) electrons. The van der Waals surface area contributed by atoms with Gasteiger partial charge in [0.25, 0.3) is 5.91 Å². The van der Waals surface area contributed by atoms with Crippen molar-refractivity contribution in [1.82, 2.24) is 10.3 Å². The van der Waals surface area contributed by atoms with Crippen molar-refractivity contribution in [2.75, 3.05) is 6.61 Å². The molecular weight excluding hydrogens is 280 g/mol. The maximum Gasteiger partial charge on any atom is 0.263 e. The third kappa shape index (κ3) is 3.40.